The normalized spacial score (nSPS) is 16.8. The van der Waals surface area contributed by atoms with Gasteiger partial charge in [-0.25, -0.2) is 8.42 Å². The van der Waals surface area contributed by atoms with Crippen LogP contribution in [0.15, 0.2) is 34.3 Å². The molecule has 0 amide bonds. The molecule has 0 spiro atoms. The van der Waals surface area contributed by atoms with Crippen LogP contribution in [-0.4, -0.2) is 19.9 Å². The first-order valence-electron chi connectivity index (χ1n) is 6.38. The number of benzene rings is 1. The van der Waals surface area contributed by atoms with E-state index in [-0.39, 0.29) is 40.2 Å². The fraction of sp³-hybridized carbons (Fsp3) is 0.429. The van der Waals surface area contributed by atoms with Gasteiger partial charge in [0.15, 0.2) is 0 Å². The number of carbonyl (C=O) groups excluding carboxylic acids is 1. The van der Waals surface area contributed by atoms with Crippen molar-refractivity contribution in [1.29, 1.82) is 0 Å². The number of nitrogens with zero attached hydrogens (tertiary/aromatic N) is 2. The van der Waals surface area contributed by atoms with E-state index in [1.165, 1.54) is 19.1 Å². The molecule has 0 saturated heterocycles. The summed E-state index contributed by atoms with van der Waals surface area (Å²) in [6.07, 6.45) is 1.44. The Balaban J connectivity index is 0.00000220. The first kappa shape index (κ1) is 18.4. The maximum Gasteiger partial charge on any atom is 1.00 e. The van der Waals surface area contributed by atoms with Crippen molar-refractivity contribution >= 4 is 21.5 Å². The summed E-state index contributed by atoms with van der Waals surface area (Å²) in [4.78, 5) is 15.1. The van der Waals surface area contributed by atoms with E-state index < -0.39 is 15.4 Å². The Labute approximate surface area is 147 Å². The van der Waals surface area contributed by atoms with Crippen LogP contribution in [0.25, 0.3) is 4.83 Å². The van der Waals surface area contributed by atoms with Crippen molar-refractivity contribution in [3.8, 4) is 0 Å². The van der Waals surface area contributed by atoms with Crippen LogP contribution >= 0.6 is 0 Å². The van der Waals surface area contributed by atoms with E-state index in [9.17, 15) is 13.2 Å². The maximum absolute atomic E-state index is 12.0. The van der Waals surface area contributed by atoms with Gasteiger partial charge in [-0.05, 0) is 45.7 Å². The first-order chi connectivity index (χ1) is 9.28. The van der Waals surface area contributed by atoms with Gasteiger partial charge in [0.25, 0.3) is 0 Å². The quantitative estimate of drug-likeness (QED) is 0.429. The Kier molecular flexibility index (Phi) is 5.77. The number of Topliss-reactive ketones (excluding diaryl/α,β-unsaturated/α-hetero) is 1. The van der Waals surface area contributed by atoms with Crippen LogP contribution in [0.2, 0.25) is 0 Å². The van der Waals surface area contributed by atoms with Crippen molar-refractivity contribution in [2.75, 3.05) is 0 Å². The average Bonchev–Trinajstić information content (AvgIpc) is 3.18. The number of hydrogen-bond acceptors (Lipinski definition) is 4. The smallest absolute Gasteiger partial charge is 0.491 e. The Morgan fingerprint density at radius 2 is 1.71 bits per heavy atom. The predicted octanol–water partition coefficient (Wildman–Crippen LogP) is -0.193. The second-order valence-electron chi connectivity index (χ2n) is 5.19. The summed E-state index contributed by atoms with van der Waals surface area (Å²) in [6.45, 7) is 5.03. The van der Waals surface area contributed by atoms with Crippen LogP contribution in [0.1, 0.15) is 32.3 Å². The summed E-state index contributed by atoms with van der Waals surface area (Å²) in [5.74, 6) is 0.0154. The number of hydrogen-bond donors (Lipinski definition) is 0. The number of ketones is 1. The Hall–Kier alpha value is -0.690. The number of carbonyl (C=O) groups is 1. The van der Waals surface area contributed by atoms with Crippen molar-refractivity contribution in [2.24, 2.45) is 10.5 Å². The fourth-order valence-corrected chi connectivity index (χ4v) is 2.87. The minimum Gasteiger partial charge on any atom is -0.491 e. The molecule has 0 atom stereocenters. The second-order valence-corrected chi connectivity index (χ2v) is 6.78. The summed E-state index contributed by atoms with van der Waals surface area (Å²) in [7, 11) is -3.80. The van der Waals surface area contributed by atoms with Gasteiger partial charge in [0.2, 0.25) is 0 Å². The second kappa shape index (κ2) is 6.60. The van der Waals surface area contributed by atoms with Gasteiger partial charge in [-0.1, -0.05) is 17.7 Å². The van der Waals surface area contributed by atoms with Crippen LogP contribution in [0.3, 0.4) is 0 Å². The third-order valence-corrected chi connectivity index (χ3v) is 4.90. The molecule has 0 N–H and O–H groups in total. The molecule has 0 radical (unpaired) electrons. The van der Waals surface area contributed by atoms with Gasteiger partial charge in [-0.2, -0.15) is 0 Å². The van der Waals surface area contributed by atoms with E-state index >= 15 is 0 Å². The molecule has 0 aromatic heterocycles. The predicted molar refractivity (Wildman–Crippen MR) is 77.2 cm³/mol. The van der Waals surface area contributed by atoms with E-state index in [4.69, 9.17) is 0 Å². The third kappa shape index (κ3) is 3.94. The van der Waals surface area contributed by atoms with Gasteiger partial charge < -0.3 is 9.93 Å². The molecule has 1 aliphatic carbocycles. The number of sulfonamides is 1. The molecule has 0 bridgehead atoms. The monoisotopic (exact) mass is 316 g/mol. The molecule has 1 aromatic carbocycles. The summed E-state index contributed by atoms with van der Waals surface area (Å²) in [5, 5.41) is 3.78. The van der Waals surface area contributed by atoms with Gasteiger partial charge >= 0.3 is 29.6 Å². The van der Waals surface area contributed by atoms with Gasteiger partial charge in [0.1, 0.15) is 15.8 Å². The van der Waals surface area contributed by atoms with Gasteiger partial charge in [0, 0.05) is 5.71 Å². The zero-order valence-electron chi connectivity index (χ0n) is 12.8. The molecule has 1 aromatic rings. The molecule has 1 saturated carbocycles. The third-order valence-electron chi connectivity index (χ3n) is 3.73. The summed E-state index contributed by atoms with van der Waals surface area (Å²) in [5.41, 5.74) is 0.865. The van der Waals surface area contributed by atoms with E-state index in [0.29, 0.717) is 5.71 Å². The van der Waals surface area contributed by atoms with Gasteiger partial charge in [0.05, 0.1) is 10.3 Å². The van der Waals surface area contributed by atoms with Crippen LogP contribution in [-0.2, 0) is 14.8 Å². The Morgan fingerprint density at radius 3 is 2.14 bits per heavy atom. The minimum atomic E-state index is -3.80. The van der Waals surface area contributed by atoms with Crippen molar-refractivity contribution in [2.45, 2.75) is 38.5 Å². The standard InChI is InChI=1S/C14H17N2O3S.Na/c1-10-4-6-13(7-5-10)20(18,19)16-15-11(2)14(8-9-14)12(3)17;/h4-7H,8-9H2,1-3H3;/q-1;+1/b15-11+;. The molecule has 7 heteroatoms. The topological polar surface area (TPSA) is 77.7 Å². The summed E-state index contributed by atoms with van der Waals surface area (Å²) < 4.78 is 24.0. The van der Waals surface area contributed by atoms with Gasteiger partial charge in [-0.15, -0.1) is 0 Å². The molecular weight excluding hydrogens is 299 g/mol. The molecule has 21 heavy (non-hydrogen) atoms. The maximum atomic E-state index is 12.0. The van der Waals surface area contributed by atoms with Crippen molar-refractivity contribution < 1.29 is 42.8 Å². The molecule has 5 nitrogen and oxygen atoms in total. The Bertz CT molecular complexity index is 662. The van der Waals surface area contributed by atoms with Gasteiger partial charge in [-0.3, -0.25) is 4.79 Å². The molecule has 2 rings (SSSR count). The van der Waals surface area contributed by atoms with E-state index in [2.05, 4.69) is 9.93 Å². The van der Waals surface area contributed by atoms with Crippen LogP contribution < -0.4 is 29.6 Å². The largest absolute Gasteiger partial charge is 1.00 e. The molecule has 1 fully saturated rings. The molecular formula is C14H17N2NaO3S. The first-order valence-corrected chi connectivity index (χ1v) is 7.82. The van der Waals surface area contributed by atoms with E-state index in [1.54, 1.807) is 19.1 Å². The zero-order chi connectivity index (χ0) is 15.0. The molecule has 1 aliphatic rings. The molecule has 108 valence electrons. The Morgan fingerprint density at radius 1 is 1.19 bits per heavy atom. The van der Waals surface area contributed by atoms with Crippen molar-refractivity contribution in [3.63, 3.8) is 0 Å². The minimum absolute atomic E-state index is 0. The number of aryl methyl sites for hydroxylation is 1. The summed E-state index contributed by atoms with van der Waals surface area (Å²) >= 11 is 0. The van der Waals surface area contributed by atoms with Crippen molar-refractivity contribution in [3.05, 3.63) is 34.7 Å². The fourth-order valence-electron chi connectivity index (χ4n) is 2.06. The molecule has 0 aliphatic heterocycles. The summed E-state index contributed by atoms with van der Waals surface area (Å²) in [6, 6.07) is 6.40. The van der Waals surface area contributed by atoms with Crippen LogP contribution in [0, 0.1) is 12.3 Å². The van der Waals surface area contributed by atoms with E-state index in [0.717, 1.165) is 18.4 Å². The van der Waals surface area contributed by atoms with Crippen molar-refractivity contribution in [1.82, 2.24) is 0 Å². The SMILES string of the molecule is CC(=O)C1(/C(C)=N/[N-]S(=O)(=O)c2ccc(C)cc2)CC1.[Na+]. The zero-order valence-corrected chi connectivity index (χ0v) is 15.6. The van der Waals surface area contributed by atoms with Crippen LogP contribution in [0.4, 0.5) is 0 Å². The number of rotatable bonds is 5. The van der Waals surface area contributed by atoms with Crippen LogP contribution in [0.5, 0.6) is 0 Å². The molecule has 0 unspecified atom stereocenters. The average molecular weight is 316 g/mol. The van der Waals surface area contributed by atoms with E-state index in [1.807, 2.05) is 6.92 Å². The molecule has 0 heterocycles.